The molecule has 0 bridgehead atoms. The third-order valence-corrected chi connectivity index (χ3v) is 3.90. The fourth-order valence-corrected chi connectivity index (χ4v) is 2.91. The van der Waals surface area contributed by atoms with Crippen LogP contribution in [0.4, 0.5) is 0 Å². The fraction of sp³-hybridized carbons (Fsp3) is 0.600. The molecule has 1 aliphatic heterocycles. The van der Waals surface area contributed by atoms with Gasteiger partial charge in [0.05, 0.1) is 6.61 Å². The molecule has 1 N–H and O–H groups in total. The lowest BCUT2D eigenvalue weighted by Crippen LogP contribution is -2.41. The van der Waals surface area contributed by atoms with Gasteiger partial charge < -0.3 is 10.1 Å². The lowest BCUT2D eigenvalue weighted by molar-refractivity contribution is 0.0369. The van der Waals surface area contributed by atoms with Crippen LogP contribution in [0.5, 0.6) is 0 Å². The molecule has 3 atom stereocenters. The summed E-state index contributed by atoms with van der Waals surface area (Å²) in [5, 5.41) is 3.49. The average molecular weight is 233 g/mol. The van der Waals surface area contributed by atoms with Crippen molar-refractivity contribution in [2.24, 2.45) is 5.92 Å². The molecule has 2 heteroatoms. The van der Waals surface area contributed by atoms with Crippen LogP contribution in [0.3, 0.4) is 0 Å². The van der Waals surface area contributed by atoms with Gasteiger partial charge in [-0.05, 0) is 37.3 Å². The SMILES string of the molecule is CNC(C1CCCOC1)C(C)c1ccccc1. The summed E-state index contributed by atoms with van der Waals surface area (Å²) in [5.74, 6) is 1.18. The molecule has 1 saturated heterocycles. The molecule has 0 radical (unpaired) electrons. The van der Waals surface area contributed by atoms with Crippen molar-refractivity contribution in [3.8, 4) is 0 Å². The third kappa shape index (κ3) is 3.08. The Balaban J connectivity index is 2.06. The quantitative estimate of drug-likeness (QED) is 0.863. The minimum atomic E-state index is 0.512. The lowest BCUT2D eigenvalue weighted by Gasteiger charge is -2.34. The molecule has 2 rings (SSSR count). The van der Waals surface area contributed by atoms with Gasteiger partial charge in [-0.3, -0.25) is 0 Å². The molecule has 1 aromatic rings. The molecule has 0 aromatic heterocycles. The molecule has 1 aromatic carbocycles. The third-order valence-electron chi connectivity index (χ3n) is 3.90. The predicted molar refractivity (Wildman–Crippen MR) is 71.2 cm³/mol. The summed E-state index contributed by atoms with van der Waals surface area (Å²) in [6.07, 6.45) is 2.48. The van der Waals surface area contributed by atoms with E-state index in [9.17, 15) is 0 Å². The van der Waals surface area contributed by atoms with E-state index < -0.39 is 0 Å². The lowest BCUT2D eigenvalue weighted by atomic mass is 9.82. The first kappa shape index (κ1) is 12.6. The topological polar surface area (TPSA) is 21.3 Å². The van der Waals surface area contributed by atoms with E-state index in [4.69, 9.17) is 4.74 Å². The molecule has 94 valence electrons. The summed E-state index contributed by atoms with van der Waals surface area (Å²) in [5.41, 5.74) is 1.41. The highest BCUT2D eigenvalue weighted by Crippen LogP contribution is 2.28. The van der Waals surface area contributed by atoms with E-state index in [1.807, 2.05) is 0 Å². The molecule has 1 fully saturated rings. The van der Waals surface area contributed by atoms with E-state index in [1.54, 1.807) is 0 Å². The van der Waals surface area contributed by atoms with Crippen LogP contribution < -0.4 is 5.32 Å². The maximum Gasteiger partial charge on any atom is 0.0509 e. The highest BCUT2D eigenvalue weighted by atomic mass is 16.5. The second-order valence-electron chi connectivity index (χ2n) is 4.99. The summed E-state index contributed by atoms with van der Waals surface area (Å²) in [7, 11) is 2.07. The molecular formula is C15H23NO. The maximum absolute atomic E-state index is 5.61. The summed E-state index contributed by atoms with van der Waals surface area (Å²) in [4.78, 5) is 0. The van der Waals surface area contributed by atoms with Crippen LogP contribution in [0.25, 0.3) is 0 Å². The Hall–Kier alpha value is -0.860. The smallest absolute Gasteiger partial charge is 0.0509 e. The Morgan fingerprint density at radius 3 is 2.65 bits per heavy atom. The zero-order valence-electron chi connectivity index (χ0n) is 10.9. The Morgan fingerprint density at radius 2 is 2.06 bits per heavy atom. The fourth-order valence-electron chi connectivity index (χ4n) is 2.91. The van der Waals surface area contributed by atoms with Crippen molar-refractivity contribution >= 4 is 0 Å². The normalized spacial score (nSPS) is 24.2. The van der Waals surface area contributed by atoms with Crippen LogP contribution in [-0.4, -0.2) is 26.3 Å². The minimum Gasteiger partial charge on any atom is -0.381 e. The van der Waals surface area contributed by atoms with Crippen molar-refractivity contribution in [3.63, 3.8) is 0 Å². The highest BCUT2D eigenvalue weighted by molar-refractivity contribution is 5.20. The van der Waals surface area contributed by atoms with E-state index in [2.05, 4.69) is 49.6 Å². The summed E-state index contributed by atoms with van der Waals surface area (Å²) in [6.45, 7) is 4.15. The molecule has 1 heterocycles. The van der Waals surface area contributed by atoms with Gasteiger partial charge in [0, 0.05) is 12.6 Å². The van der Waals surface area contributed by atoms with Crippen molar-refractivity contribution in [2.45, 2.75) is 31.7 Å². The van der Waals surface area contributed by atoms with Crippen molar-refractivity contribution in [1.29, 1.82) is 0 Å². The van der Waals surface area contributed by atoms with Crippen molar-refractivity contribution in [2.75, 3.05) is 20.3 Å². The minimum absolute atomic E-state index is 0.512. The Kier molecular flexibility index (Phi) is 4.57. The van der Waals surface area contributed by atoms with Gasteiger partial charge in [0.25, 0.3) is 0 Å². The molecule has 3 unspecified atom stereocenters. The van der Waals surface area contributed by atoms with E-state index >= 15 is 0 Å². The second-order valence-corrected chi connectivity index (χ2v) is 4.99. The molecule has 1 aliphatic rings. The Morgan fingerprint density at radius 1 is 1.29 bits per heavy atom. The second kappa shape index (κ2) is 6.18. The first-order valence-corrected chi connectivity index (χ1v) is 6.63. The first-order valence-electron chi connectivity index (χ1n) is 6.63. The van der Waals surface area contributed by atoms with E-state index in [0.717, 1.165) is 13.2 Å². The number of nitrogens with one attached hydrogen (secondary N) is 1. The summed E-state index contributed by atoms with van der Waals surface area (Å²) >= 11 is 0. The van der Waals surface area contributed by atoms with Crippen LogP contribution in [0.1, 0.15) is 31.2 Å². The van der Waals surface area contributed by atoms with Crippen LogP contribution in [0.15, 0.2) is 30.3 Å². The number of hydrogen-bond acceptors (Lipinski definition) is 2. The summed E-state index contributed by atoms with van der Waals surface area (Å²) in [6, 6.07) is 11.3. The predicted octanol–water partition coefficient (Wildman–Crippen LogP) is 2.80. The molecule has 0 aliphatic carbocycles. The number of hydrogen-bond donors (Lipinski definition) is 1. The largest absolute Gasteiger partial charge is 0.381 e. The van der Waals surface area contributed by atoms with Gasteiger partial charge >= 0.3 is 0 Å². The molecule has 0 amide bonds. The molecule has 17 heavy (non-hydrogen) atoms. The highest BCUT2D eigenvalue weighted by Gasteiger charge is 2.28. The molecule has 0 spiro atoms. The molecular weight excluding hydrogens is 210 g/mol. The van der Waals surface area contributed by atoms with Crippen molar-refractivity contribution < 1.29 is 4.74 Å². The van der Waals surface area contributed by atoms with Gasteiger partial charge in [-0.15, -0.1) is 0 Å². The van der Waals surface area contributed by atoms with Crippen LogP contribution >= 0.6 is 0 Å². The van der Waals surface area contributed by atoms with Gasteiger partial charge in [-0.2, -0.15) is 0 Å². The van der Waals surface area contributed by atoms with Crippen LogP contribution in [-0.2, 0) is 4.74 Å². The van der Waals surface area contributed by atoms with E-state index in [0.29, 0.717) is 17.9 Å². The Labute approximate surface area is 104 Å². The molecule has 2 nitrogen and oxygen atoms in total. The number of benzene rings is 1. The van der Waals surface area contributed by atoms with Crippen molar-refractivity contribution in [3.05, 3.63) is 35.9 Å². The van der Waals surface area contributed by atoms with E-state index in [-0.39, 0.29) is 0 Å². The van der Waals surface area contributed by atoms with Crippen molar-refractivity contribution in [1.82, 2.24) is 5.32 Å². The standard InChI is InChI=1S/C15H23NO/c1-12(13-7-4-3-5-8-13)15(16-2)14-9-6-10-17-11-14/h3-5,7-8,12,14-16H,6,9-11H2,1-2H3. The number of ether oxygens (including phenoxy) is 1. The number of rotatable bonds is 4. The first-order chi connectivity index (χ1) is 8.33. The molecule has 0 saturated carbocycles. The monoisotopic (exact) mass is 233 g/mol. The van der Waals surface area contributed by atoms with Gasteiger partial charge in [-0.25, -0.2) is 0 Å². The zero-order valence-corrected chi connectivity index (χ0v) is 10.9. The average Bonchev–Trinajstić information content (AvgIpc) is 2.42. The maximum atomic E-state index is 5.61. The van der Waals surface area contributed by atoms with Gasteiger partial charge in [-0.1, -0.05) is 37.3 Å². The van der Waals surface area contributed by atoms with Crippen LogP contribution in [0.2, 0.25) is 0 Å². The van der Waals surface area contributed by atoms with Gasteiger partial charge in [0.1, 0.15) is 0 Å². The zero-order chi connectivity index (χ0) is 12.1. The Bertz CT molecular complexity index is 319. The number of likely N-dealkylation sites (N-methyl/N-ethyl adjacent to an activating group) is 1. The summed E-state index contributed by atoms with van der Waals surface area (Å²) < 4.78 is 5.61. The van der Waals surface area contributed by atoms with Gasteiger partial charge in [0.15, 0.2) is 0 Å². The van der Waals surface area contributed by atoms with E-state index in [1.165, 1.54) is 18.4 Å². The van der Waals surface area contributed by atoms with Gasteiger partial charge in [0.2, 0.25) is 0 Å². The van der Waals surface area contributed by atoms with Crippen LogP contribution in [0, 0.1) is 5.92 Å².